The average molecular weight is 402 g/mol. The molecule has 0 radical (unpaired) electrons. The third-order valence-electron chi connectivity index (χ3n) is 3.96. The smallest absolute Gasteiger partial charge is 0.174 e. The molecule has 1 nitrogen and oxygen atoms in total. The molecule has 0 saturated heterocycles. The van der Waals surface area contributed by atoms with E-state index >= 15 is 0 Å². The molecule has 3 aromatic carbocycles. The second kappa shape index (κ2) is 4.79. The zero-order valence-electron chi connectivity index (χ0n) is 11.0. The normalized spacial score (nSPS) is 14.4. The first kappa shape index (κ1) is 13.2. The number of benzene rings is 3. The minimum Gasteiger partial charge on any atom is -0.293 e. The average Bonchev–Trinajstić information content (AvgIpc) is 2.49. The molecule has 102 valence electrons. The molecule has 0 fully saturated rings. The Morgan fingerprint density at radius 3 is 2.43 bits per heavy atom. The third kappa shape index (κ3) is 2.07. The standard InChI is InChI=1S/C18H10Br2O/c19-13-4-5-14-10(7-13)1-2-11-9-16-12(8-15(11)14)3-6-17(21)18(16)20/h1-5,7-9H,6H2. The maximum Gasteiger partial charge on any atom is 0.174 e. The van der Waals surface area contributed by atoms with Crippen molar-refractivity contribution in [1.82, 2.24) is 0 Å². The van der Waals surface area contributed by atoms with Crippen LogP contribution in [0.4, 0.5) is 0 Å². The zero-order valence-corrected chi connectivity index (χ0v) is 14.2. The fraction of sp³-hybridized carbons (Fsp3) is 0.0556. The molecule has 1 aliphatic carbocycles. The molecule has 0 bridgehead atoms. The van der Waals surface area contributed by atoms with Gasteiger partial charge in [0.1, 0.15) is 0 Å². The van der Waals surface area contributed by atoms with Gasteiger partial charge in [0, 0.05) is 10.9 Å². The van der Waals surface area contributed by atoms with Crippen LogP contribution in [-0.4, -0.2) is 5.78 Å². The first-order valence-corrected chi connectivity index (χ1v) is 8.27. The molecule has 0 saturated carbocycles. The molecule has 0 heterocycles. The van der Waals surface area contributed by atoms with Crippen LogP contribution in [0.3, 0.4) is 0 Å². The van der Waals surface area contributed by atoms with Gasteiger partial charge in [-0.25, -0.2) is 0 Å². The highest BCUT2D eigenvalue weighted by molar-refractivity contribution is 9.15. The van der Waals surface area contributed by atoms with E-state index in [9.17, 15) is 4.79 Å². The summed E-state index contributed by atoms with van der Waals surface area (Å²) in [5.41, 5.74) is 0. The van der Waals surface area contributed by atoms with Crippen LogP contribution >= 0.6 is 31.9 Å². The summed E-state index contributed by atoms with van der Waals surface area (Å²) < 4.78 is 1.78. The lowest BCUT2D eigenvalue weighted by Gasteiger charge is -2.08. The second-order valence-electron chi connectivity index (χ2n) is 5.24. The van der Waals surface area contributed by atoms with E-state index in [0.717, 1.165) is 20.3 Å². The van der Waals surface area contributed by atoms with Crippen molar-refractivity contribution in [3.63, 3.8) is 0 Å². The maximum absolute atomic E-state index is 11.8. The number of ketones is 1. The molecule has 3 aromatic rings. The predicted octanol–water partition coefficient (Wildman–Crippen LogP) is 4.01. The van der Waals surface area contributed by atoms with Gasteiger partial charge < -0.3 is 0 Å². The summed E-state index contributed by atoms with van der Waals surface area (Å²) in [7, 11) is 0. The van der Waals surface area contributed by atoms with Crippen molar-refractivity contribution in [2.75, 3.05) is 0 Å². The molecule has 0 amide bonds. The van der Waals surface area contributed by atoms with Gasteiger partial charge in [0.15, 0.2) is 5.78 Å². The van der Waals surface area contributed by atoms with Crippen LogP contribution in [0.15, 0.2) is 46.9 Å². The number of carbonyl (C=O) groups is 1. The Balaban J connectivity index is 2.21. The van der Waals surface area contributed by atoms with Gasteiger partial charge in [-0.15, -0.1) is 0 Å². The van der Waals surface area contributed by atoms with Crippen LogP contribution in [0.5, 0.6) is 0 Å². The quantitative estimate of drug-likeness (QED) is 0.520. The maximum atomic E-state index is 11.8. The number of rotatable bonds is 0. The third-order valence-corrected chi connectivity index (χ3v) is 5.32. The van der Waals surface area contributed by atoms with Gasteiger partial charge in [-0.1, -0.05) is 40.2 Å². The van der Waals surface area contributed by atoms with E-state index in [0.29, 0.717) is 10.9 Å². The Bertz CT molecular complexity index is 1050. The van der Waals surface area contributed by atoms with Crippen LogP contribution in [0.25, 0.3) is 32.1 Å². The van der Waals surface area contributed by atoms with E-state index in [-0.39, 0.29) is 5.78 Å². The van der Waals surface area contributed by atoms with Crippen molar-refractivity contribution in [3.05, 3.63) is 57.4 Å². The summed E-state index contributed by atoms with van der Waals surface area (Å²) >= 11 is 6.96. The summed E-state index contributed by atoms with van der Waals surface area (Å²) in [5.74, 6) is 0.145. The van der Waals surface area contributed by atoms with Crippen molar-refractivity contribution < 1.29 is 4.79 Å². The molecule has 0 N–H and O–H groups in total. The Morgan fingerprint density at radius 1 is 0.857 bits per heavy atom. The van der Waals surface area contributed by atoms with E-state index in [4.69, 9.17) is 0 Å². The molecule has 21 heavy (non-hydrogen) atoms. The highest BCUT2D eigenvalue weighted by Gasteiger charge is 2.12. The minimum atomic E-state index is 0.145. The van der Waals surface area contributed by atoms with E-state index in [1.165, 1.54) is 16.2 Å². The highest BCUT2D eigenvalue weighted by Crippen LogP contribution is 2.26. The van der Waals surface area contributed by atoms with Gasteiger partial charge in [0.05, 0.1) is 4.48 Å². The topological polar surface area (TPSA) is 17.1 Å². The number of carbonyl (C=O) groups excluding carboxylic acids is 1. The van der Waals surface area contributed by atoms with Crippen LogP contribution in [0, 0.1) is 0 Å². The minimum absolute atomic E-state index is 0.145. The van der Waals surface area contributed by atoms with Gasteiger partial charge in [-0.05, 0) is 72.2 Å². The molecule has 0 unspecified atom stereocenters. The van der Waals surface area contributed by atoms with Crippen molar-refractivity contribution in [3.8, 4) is 0 Å². The Labute approximate surface area is 138 Å². The van der Waals surface area contributed by atoms with Gasteiger partial charge in [0.25, 0.3) is 0 Å². The van der Waals surface area contributed by atoms with Crippen molar-refractivity contribution in [2.45, 2.75) is 6.42 Å². The largest absolute Gasteiger partial charge is 0.293 e. The fourth-order valence-electron chi connectivity index (χ4n) is 2.90. The number of Topliss-reactive ketones (excluding diaryl/α,β-unsaturated/α-hetero) is 1. The van der Waals surface area contributed by atoms with Crippen molar-refractivity contribution in [1.29, 1.82) is 0 Å². The van der Waals surface area contributed by atoms with E-state index in [1.807, 2.05) is 6.08 Å². The van der Waals surface area contributed by atoms with Gasteiger partial charge in [-0.3, -0.25) is 4.79 Å². The number of hydrogen-bond donors (Lipinski definition) is 0. The molecule has 1 aliphatic rings. The van der Waals surface area contributed by atoms with Crippen LogP contribution in [0.1, 0.15) is 6.42 Å². The zero-order chi connectivity index (χ0) is 14.6. The lowest BCUT2D eigenvalue weighted by molar-refractivity contribution is -0.112. The molecular formula is C18H10Br2O. The fourth-order valence-corrected chi connectivity index (χ4v) is 3.79. The molecule has 4 rings (SSSR count). The van der Waals surface area contributed by atoms with E-state index in [1.54, 1.807) is 0 Å². The van der Waals surface area contributed by atoms with E-state index < -0.39 is 0 Å². The summed E-state index contributed by atoms with van der Waals surface area (Å²) in [6, 6.07) is 14.9. The summed E-state index contributed by atoms with van der Waals surface area (Å²) in [4.78, 5) is 11.8. The van der Waals surface area contributed by atoms with E-state index in [2.05, 4.69) is 74.3 Å². The van der Waals surface area contributed by atoms with Crippen molar-refractivity contribution in [2.24, 2.45) is 0 Å². The first-order valence-electron chi connectivity index (χ1n) is 6.69. The van der Waals surface area contributed by atoms with Crippen LogP contribution < -0.4 is 10.4 Å². The predicted molar refractivity (Wildman–Crippen MR) is 94.8 cm³/mol. The van der Waals surface area contributed by atoms with Crippen LogP contribution in [0.2, 0.25) is 0 Å². The summed E-state index contributed by atoms with van der Waals surface area (Å²) in [6.07, 6.45) is 2.48. The Hall–Kier alpha value is -1.45. The number of halogens is 2. The number of hydrogen-bond acceptors (Lipinski definition) is 1. The highest BCUT2D eigenvalue weighted by atomic mass is 79.9. The molecule has 0 atom stereocenters. The second-order valence-corrected chi connectivity index (χ2v) is 6.95. The summed E-state index contributed by atoms with van der Waals surface area (Å²) in [5, 5.41) is 6.96. The lowest BCUT2D eigenvalue weighted by atomic mass is 9.98. The van der Waals surface area contributed by atoms with Crippen LogP contribution in [-0.2, 0) is 4.79 Å². The molecule has 0 aromatic heterocycles. The molecular weight excluding hydrogens is 392 g/mol. The molecule has 3 heteroatoms. The Morgan fingerprint density at radius 2 is 1.62 bits per heavy atom. The van der Waals surface area contributed by atoms with Gasteiger partial charge in [0.2, 0.25) is 0 Å². The SMILES string of the molecule is O=C1CC=c2cc3c(ccc4cc(Br)ccc43)cc2=C1Br. The molecule has 0 spiro atoms. The molecule has 0 aliphatic heterocycles. The summed E-state index contributed by atoms with van der Waals surface area (Å²) in [6.45, 7) is 0. The lowest BCUT2D eigenvalue weighted by Crippen LogP contribution is -2.31. The number of fused-ring (bicyclic) bond motifs is 4. The monoisotopic (exact) mass is 400 g/mol. The van der Waals surface area contributed by atoms with Gasteiger partial charge >= 0.3 is 0 Å². The first-order chi connectivity index (χ1) is 10.1. The van der Waals surface area contributed by atoms with Crippen molar-refractivity contribution >= 4 is 69.7 Å². The Kier molecular flexibility index (Phi) is 3.02. The van der Waals surface area contributed by atoms with Gasteiger partial charge in [-0.2, -0.15) is 0 Å².